The van der Waals surface area contributed by atoms with Crippen molar-refractivity contribution in [1.82, 2.24) is 15.1 Å². The molecule has 0 bridgehead atoms. The Morgan fingerprint density at radius 1 is 1.00 bits per heavy atom. The third-order valence-electron chi connectivity index (χ3n) is 4.47. The number of nitrogens with zero attached hydrogens (tertiary/aromatic N) is 4. The van der Waals surface area contributed by atoms with Crippen molar-refractivity contribution in [3.8, 4) is 11.6 Å². The highest BCUT2D eigenvalue weighted by Gasteiger charge is 2.25. The predicted octanol–water partition coefficient (Wildman–Crippen LogP) is 1.86. The van der Waals surface area contributed by atoms with Crippen LogP contribution in [0.2, 0.25) is 0 Å². The van der Waals surface area contributed by atoms with Crippen LogP contribution in [0.5, 0.6) is 11.6 Å². The summed E-state index contributed by atoms with van der Waals surface area (Å²) >= 11 is 0. The van der Waals surface area contributed by atoms with Gasteiger partial charge in [0.2, 0.25) is 5.88 Å². The molecule has 0 radical (unpaired) electrons. The van der Waals surface area contributed by atoms with Crippen molar-refractivity contribution in [3.63, 3.8) is 0 Å². The minimum atomic E-state index is -0.00308. The molecular formula is C20H26N4O4. The molecule has 0 spiro atoms. The molecule has 0 atom stereocenters. The van der Waals surface area contributed by atoms with Gasteiger partial charge < -0.3 is 24.0 Å². The molecule has 8 nitrogen and oxygen atoms in total. The first-order valence-electron chi connectivity index (χ1n) is 9.44. The molecule has 1 aromatic carbocycles. The lowest BCUT2D eigenvalue weighted by Crippen LogP contribution is -2.49. The number of hydrogen-bond acceptors (Lipinski definition) is 7. The third-order valence-corrected chi connectivity index (χ3v) is 4.47. The first-order valence-corrected chi connectivity index (χ1v) is 9.44. The van der Waals surface area contributed by atoms with E-state index in [1.165, 1.54) is 0 Å². The van der Waals surface area contributed by atoms with E-state index in [2.05, 4.69) is 15.1 Å². The zero-order chi connectivity index (χ0) is 19.8. The van der Waals surface area contributed by atoms with Crippen LogP contribution < -0.4 is 14.4 Å². The topological polar surface area (TPSA) is 77.0 Å². The molecule has 0 N–H and O–H groups in total. The van der Waals surface area contributed by atoms with Crippen molar-refractivity contribution in [1.29, 1.82) is 0 Å². The van der Waals surface area contributed by atoms with E-state index in [0.717, 1.165) is 5.82 Å². The number of anilines is 1. The molecule has 8 heteroatoms. The van der Waals surface area contributed by atoms with E-state index in [1.807, 2.05) is 42.2 Å². The predicted molar refractivity (Wildman–Crippen MR) is 105 cm³/mol. The summed E-state index contributed by atoms with van der Waals surface area (Å²) in [4.78, 5) is 16.8. The highest BCUT2D eigenvalue weighted by atomic mass is 16.5. The van der Waals surface area contributed by atoms with Crippen molar-refractivity contribution in [2.24, 2.45) is 0 Å². The fourth-order valence-corrected chi connectivity index (χ4v) is 3.02. The largest absolute Gasteiger partial charge is 0.493 e. The van der Waals surface area contributed by atoms with E-state index in [9.17, 15) is 4.79 Å². The molecule has 2 heterocycles. The van der Waals surface area contributed by atoms with Gasteiger partial charge in [-0.1, -0.05) is 12.1 Å². The van der Waals surface area contributed by atoms with Crippen molar-refractivity contribution in [2.45, 2.75) is 6.92 Å². The average Bonchev–Trinajstić information content (AvgIpc) is 2.75. The normalized spacial score (nSPS) is 14.1. The van der Waals surface area contributed by atoms with Crippen LogP contribution in [-0.2, 0) is 4.74 Å². The lowest BCUT2D eigenvalue weighted by Gasteiger charge is -2.35. The van der Waals surface area contributed by atoms with Crippen LogP contribution in [0.1, 0.15) is 17.3 Å². The molecule has 3 rings (SSSR count). The third kappa shape index (κ3) is 4.89. The van der Waals surface area contributed by atoms with Gasteiger partial charge in [-0.15, -0.1) is 10.2 Å². The van der Waals surface area contributed by atoms with Crippen LogP contribution in [0.25, 0.3) is 0 Å². The average molecular weight is 386 g/mol. The maximum absolute atomic E-state index is 12.9. The first-order chi connectivity index (χ1) is 13.7. The van der Waals surface area contributed by atoms with E-state index >= 15 is 0 Å². The Morgan fingerprint density at radius 2 is 1.79 bits per heavy atom. The van der Waals surface area contributed by atoms with Crippen molar-refractivity contribution >= 4 is 11.7 Å². The minimum absolute atomic E-state index is 0.00308. The van der Waals surface area contributed by atoms with Gasteiger partial charge in [0.05, 0.1) is 18.8 Å². The molecule has 1 aliphatic heterocycles. The second-order valence-electron chi connectivity index (χ2n) is 6.28. The van der Waals surface area contributed by atoms with Crippen LogP contribution in [0.15, 0.2) is 36.4 Å². The zero-order valence-corrected chi connectivity index (χ0v) is 16.3. The second-order valence-corrected chi connectivity index (χ2v) is 6.28. The summed E-state index contributed by atoms with van der Waals surface area (Å²) in [5.74, 6) is 1.88. The monoisotopic (exact) mass is 386 g/mol. The Morgan fingerprint density at radius 3 is 2.46 bits per heavy atom. The summed E-state index contributed by atoms with van der Waals surface area (Å²) in [5.41, 5.74) is 0.607. The second kappa shape index (κ2) is 9.89. The Kier molecular flexibility index (Phi) is 7.02. The van der Waals surface area contributed by atoms with Crippen LogP contribution >= 0.6 is 0 Å². The molecule has 1 fully saturated rings. The number of methoxy groups -OCH3 is 1. The first kappa shape index (κ1) is 19.9. The highest BCUT2D eigenvalue weighted by Crippen LogP contribution is 2.22. The molecular weight excluding hydrogens is 360 g/mol. The lowest BCUT2D eigenvalue weighted by molar-refractivity contribution is 0.0742. The smallest absolute Gasteiger partial charge is 0.257 e. The summed E-state index contributed by atoms with van der Waals surface area (Å²) in [6.07, 6.45) is 0. The van der Waals surface area contributed by atoms with E-state index in [-0.39, 0.29) is 5.91 Å². The number of carbonyl (C=O) groups is 1. The summed E-state index contributed by atoms with van der Waals surface area (Å²) in [6, 6.07) is 11.1. The standard InChI is InChI=1S/C20H26N4O4/c1-3-27-17-7-5-4-6-16(17)20(25)24-12-10-23(11-13-24)18-8-9-19(22-21-18)28-15-14-26-2/h4-9H,3,10-15H2,1-2H3. The Bertz CT molecular complexity index is 761. The van der Waals surface area contributed by atoms with Crippen LogP contribution in [0.4, 0.5) is 5.82 Å². The lowest BCUT2D eigenvalue weighted by atomic mass is 10.1. The van der Waals surface area contributed by atoms with Gasteiger partial charge in [-0.05, 0) is 25.1 Å². The fourth-order valence-electron chi connectivity index (χ4n) is 3.02. The summed E-state index contributed by atoms with van der Waals surface area (Å²) in [7, 11) is 1.62. The molecule has 1 aliphatic rings. The van der Waals surface area contributed by atoms with E-state index < -0.39 is 0 Å². The van der Waals surface area contributed by atoms with E-state index in [4.69, 9.17) is 14.2 Å². The summed E-state index contributed by atoms with van der Waals surface area (Å²) in [5, 5.41) is 8.33. The maximum atomic E-state index is 12.9. The number of rotatable bonds is 8. The van der Waals surface area contributed by atoms with Gasteiger partial charge in [0.15, 0.2) is 5.82 Å². The Balaban J connectivity index is 1.56. The number of carbonyl (C=O) groups excluding carboxylic acids is 1. The number of benzene rings is 1. The van der Waals surface area contributed by atoms with Gasteiger partial charge in [-0.2, -0.15) is 0 Å². The molecule has 0 unspecified atom stereocenters. The van der Waals surface area contributed by atoms with Crippen molar-refractivity contribution in [2.75, 3.05) is 58.0 Å². The molecule has 1 amide bonds. The molecule has 0 aliphatic carbocycles. The van der Waals surface area contributed by atoms with Crippen LogP contribution in [-0.4, -0.2) is 74.1 Å². The zero-order valence-electron chi connectivity index (χ0n) is 16.3. The van der Waals surface area contributed by atoms with E-state index in [0.29, 0.717) is 63.2 Å². The molecule has 28 heavy (non-hydrogen) atoms. The maximum Gasteiger partial charge on any atom is 0.257 e. The molecule has 150 valence electrons. The van der Waals surface area contributed by atoms with Crippen LogP contribution in [0.3, 0.4) is 0 Å². The van der Waals surface area contributed by atoms with Crippen LogP contribution in [0, 0.1) is 0 Å². The Hall–Kier alpha value is -2.87. The van der Waals surface area contributed by atoms with Gasteiger partial charge in [0.1, 0.15) is 12.4 Å². The quantitative estimate of drug-likeness (QED) is 0.641. The summed E-state index contributed by atoms with van der Waals surface area (Å²) < 4.78 is 16.0. The van der Waals surface area contributed by atoms with Gasteiger partial charge >= 0.3 is 0 Å². The number of hydrogen-bond donors (Lipinski definition) is 0. The fraction of sp³-hybridized carbons (Fsp3) is 0.450. The SMILES string of the molecule is CCOc1ccccc1C(=O)N1CCN(c2ccc(OCCOC)nn2)CC1. The molecule has 2 aromatic rings. The Labute approximate surface area is 165 Å². The van der Waals surface area contributed by atoms with E-state index in [1.54, 1.807) is 13.2 Å². The van der Waals surface area contributed by atoms with Crippen molar-refractivity contribution < 1.29 is 19.0 Å². The molecule has 0 saturated carbocycles. The summed E-state index contributed by atoms with van der Waals surface area (Å²) in [6.45, 7) is 6.01. The van der Waals surface area contributed by atoms with Gasteiger partial charge in [0.25, 0.3) is 5.91 Å². The van der Waals surface area contributed by atoms with Gasteiger partial charge in [-0.25, -0.2) is 0 Å². The number of piperazine rings is 1. The number of amides is 1. The minimum Gasteiger partial charge on any atom is -0.493 e. The molecule has 1 aromatic heterocycles. The number of ether oxygens (including phenoxy) is 3. The van der Waals surface area contributed by atoms with Gasteiger partial charge in [-0.3, -0.25) is 4.79 Å². The highest BCUT2D eigenvalue weighted by molar-refractivity contribution is 5.97. The van der Waals surface area contributed by atoms with Gasteiger partial charge in [0, 0.05) is 39.4 Å². The number of aromatic nitrogens is 2. The van der Waals surface area contributed by atoms with Crippen molar-refractivity contribution in [3.05, 3.63) is 42.0 Å². The molecule has 1 saturated heterocycles. The number of para-hydroxylation sites is 1.